The van der Waals surface area contributed by atoms with Crippen LogP contribution in [0.3, 0.4) is 0 Å². The van der Waals surface area contributed by atoms with E-state index in [0.717, 1.165) is 35.4 Å². The first-order valence-electron chi connectivity index (χ1n) is 7.51. The molecule has 4 rings (SSSR count). The number of nitrogens with one attached hydrogen (secondary N) is 1. The van der Waals surface area contributed by atoms with Crippen molar-refractivity contribution >= 4 is 5.97 Å². The topological polar surface area (TPSA) is 72.8 Å². The van der Waals surface area contributed by atoms with Crippen molar-refractivity contribution in [3.63, 3.8) is 0 Å². The second kappa shape index (κ2) is 4.44. The standard InChI is InChI=1S/C15H18N4O2/c1-3-21-15(20)14-9-6-7-10-11(13(9)16-17-14)12(8-4-5-8)18-19(10)2/h8H,3-7H2,1-2H3,(H,16,17). The van der Waals surface area contributed by atoms with Crippen molar-refractivity contribution in [2.45, 2.75) is 38.5 Å². The van der Waals surface area contributed by atoms with Crippen LogP contribution >= 0.6 is 0 Å². The molecule has 110 valence electrons. The second-order valence-electron chi connectivity index (χ2n) is 5.75. The molecule has 0 atom stereocenters. The van der Waals surface area contributed by atoms with E-state index in [1.54, 1.807) is 0 Å². The van der Waals surface area contributed by atoms with E-state index in [4.69, 9.17) is 9.84 Å². The first-order valence-corrected chi connectivity index (χ1v) is 7.51. The maximum atomic E-state index is 12.0. The summed E-state index contributed by atoms with van der Waals surface area (Å²) in [6.07, 6.45) is 4.10. The zero-order chi connectivity index (χ0) is 14.6. The minimum Gasteiger partial charge on any atom is -0.461 e. The normalized spacial score (nSPS) is 16.5. The lowest BCUT2D eigenvalue weighted by Crippen LogP contribution is -2.12. The van der Waals surface area contributed by atoms with Crippen LogP contribution in [0.15, 0.2) is 0 Å². The Morgan fingerprint density at radius 2 is 2.24 bits per heavy atom. The molecule has 2 aromatic rings. The van der Waals surface area contributed by atoms with Gasteiger partial charge in [-0.25, -0.2) is 4.79 Å². The number of H-pyrrole nitrogens is 1. The van der Waals surface area contributed by atoms with Crippen LogP contribution in [-0.2, 0) is 24.6 Å². The van der Waals surface area contributed by atoms with Crippen LogP contribution in [0.1, 0.15) is 53.1 Å². The molecule has 21 heavy (non-hydrogen) atoms. The van der Waals surface area contributed by atoms with Crippen molar-refractivity contribution in [2.24, 2.45) is 7.05 Å². The molecule has 2 aliphatic carbocycles. The molecule has 0 unspecified atom stereocenters. The second-order valence-corrected chi connectivity index (χ2v) is 5.75. The van der Waals surface area contributed by atoms with Gasteiger partial charge < -0.3 is 4.74 Å². The van der Waals surface area contributed by atoms with Gasteiger partial charge in [-0.15, -0.1) is 0 Å². The highest BCUT2D eigenvalue weighted by Gasteiger charge is 2.36. The Hall–Kier alpha value is -2.11. The zero-order valence-corrected chi connectivity index (χ0v) is 12.3. The number of rotatable bonds is 3. The van der Waals surface area contributed by atoms with Crippen LogP contribution in [-0.4, -0.2) is 32.6 Å². The molecule has 0 amide bonds. The summed E-state index contributed by atoms with van der Waals surface area (Å²) in [6.45, 7) is 2.18. The van der Waals surface area contributed by atoms with E-state index < -0.39 is 0 Å². The molecule has 0 saturated heterocycles. The highest BCUT2D eigenvalue weighted by Crippen LogP contribution is 2.46. The van der Waals surface area contributed by atoms with Crippen LogP contribution in [0.4, 0.5) is 0 Å². The third-order valence-corrected chi connectivity index (χ3v) is 4.35. The molecule has 1 fully saturated rings. The predicted octanol–water partition coefficient (Wildman–Crippen LogP) is 1.96. The van der Waals surface area contributed by atoms with Gasteiger partial charge in [0.15, 0.2) is 0 Å². The van der Waals surface area contributed by atoms with Crippen molar-refractivity contribution < 1.29 is 9.53 Å². The Morgan fingerprint density at radius 1 is 1.43 bits per heavy atom. The molecule has 0 aromatic carbocycles. The first kappa shape index (κ1) is 12.6. The van der Waals surface area contributed by atoms with Gasteiger partial charge in [-0.2, -0.15) is 10.2 Å². The van der Waals surface area contributed by atoms with Gasteiger partial charge in [0, 0.05) is 29.8 Å². The predicted molar refractivity (Wildman–Crippen MR) is 76.1 cm³/mol. The minimum atomic E-state index is -0.313. The monoisotopic (exact) mass is 286 g/mol. The van der Waals surface area contributed by atoms with E-state index in [2.05, 4.69) is 10.2 Å². The molecule has 0 radical (unpaired) electrons. The molecule has 2 aromatic heterocycles. The first-order chi connectivity index (χ1) is 10.2. The van der Waals surface area contributed by atoms with Gasteiger partial charge in [0.05, 0.1) is 18.0 Å². The van der Waals surface area contributed by atoms with Crippen LogP contribution in [0.2, 0.25) is 0 Å². The largest absolute Gasteiger partial charge is 0.461 e. The number of aryl methyl sites for hydroxylation is 1. The van der Waals surface area contributed by atoms with Crippen LogP contribution < -0.4 is 0 Å². The molecular weight excluding hydrogens is 268 g/mol. The SMILES string of the molecule is CCOC(=O)c1[nH]nc2c1CCc1c-2c(C2CC2)nn1C. The Bertz CT molecular complexity index is 724. The van der Waals surface area contributed by atoms with E-state index >= 15 is 0 Å². The molecule has 1 N–H and O–H groups in total. The highest BCUT2D eigenvalue weighted by atomic mass is 16.5. The van der Waals surface area contributed by atoms with Gasteiger partial charge in [0.25, 0.3) is 0 Å². The number of aromatic nitrogens is 4. The third-order valence-electron chi connectivity index (χ3n) is 4.35. The summed E-state index contributed by atoms with van der Waals surface area (Å²) >= 11 is 0. The maximum absolute atomic E-state index is 12.0. The highest BCUT2D eigenvalue weighted by molar-refractivity contribution is 5.92. The van der Waals surface area contributed by atoms with E-state index in [1.807, 2.05) is 18.7 Å². The van der Waals surface area contributed by atoms with E-state index in [-0.39, 0.29) is 5.97 Å². The lowest BCUT2D eigenvalue weighted by molar-refractivity contribution is 0.0518. The molecule has 1 saturated carbocycles. The summed E-state index contributed by atoms with van der Waals surface area (Å²) in [7, 11) is 1.99. The molecule has 2 heterocycles. The number of aromatic amines is 1. The fraction of sp³-hybridized carbons (Fsp3) is 0.533. The molecule has 0 bridgehead atoms. The van der Waals surface area contributed by atoms with Gasteiger partial charge in [-0.1, -0.05) is 0 Å². The number of esters is 1. The van der Waals surface area contributed by atoms with E-state index in [1.165, 1.54) is 18.5 Å². The van der Waals surface area contributed by atoms with Gasteiger partial charge in [0.1, 0.15) is 5.69 Å². The summed E-state index contributed by atoms with van der Waals surface area (Å²) in [4.78, 5) is 12.0. The average Bonchev–Trinajstić information content (AvgIpc) is 3.13. The van der Waals surface area contributed by atoms with Gasteiger partial charge in [-0.3, -0.25) is 9.78 Å². The molecule has 6 nitrogen and oxygen atoms in total. The lowest BCUT2D eigenvalue weighted by Gasteiger charge is -2.13. The molecular formula is C15H18N4O2. The summed E-state index contributed by atoms with van der Waals surface area (Å²) in [5.74, 6) is 0.250. The van der Waals surface area contributed by atoms with Crippen molar-refractivity contribution in [1.82, 2.24) is 20.0 Å². The number of carbonyl (C=O) groups excluding carboxylic acids is 1. The van der Waals surface area contributed by atoms with Gasteiger partial charge >= 0.3 is 5.97 Å². The van der Waals surface area contributed by atoms with Crippen molar-refractivity contribution in [3.8, 4) is 11.3 Å². The van der Waals surface area contributed by atoms with Crippen molar-refractivity contribution in [2.75, 3.05) is 6.61 Å². The van der Waals surface area contributed by atoms with Crippen LogP contribution in [0.5, 0.6) is 0 Å². The third kappa shape index (κ3) is 1.81. The van der Waals surface area contributed by atoms with Crippen molar-refractivity contribution in [3.05, 3.63) is 22.6 Å². The Labute approximate surface area is 122 Å². The molecule has 2 aliphatic rings. The molecule has 0 aliphatic heterocycles. The fourth-order valence-corrected chi connectivity index (χ4v) is 3.20. The number of hydrogen-bond acceptors (Lipinski definition) is 4. The summed E-state index contributed by atoms with van der Waals surface area (Å²) in [6, 6.07) is 0. The number of hydrogen-bond donors (Lipinski definition) is 1. The number of nitrogens with zero attached hydrogens (tertiary/aromatic N) is 3. The van der Waals surface area contributed by atoms with Crippen LogP contribution in [0.25, 0.3) is 11.3 Å². The smallest absolute Gasteiger partial charge is 0.356 e. The van der Waals surface area contributed by atoms with Crippen molar-refractivity contribution in [1.29, 1.82) is 0 Å². The minimum absolute atomic E-state index is 0.313. The van der Waals surface area contributed by atoms with E-state index in [0.29, 0.717) is 18.2 Å². The number of ether oxygens (including phenoxy) is 1. The van der Waals surface area contributed by atoms with Gasteiger partial charge in [-0.05, 0) is 32.6 Å². The quantitative estimate of drug-likeness (QED) is 0.875. The van der Waals surface area contributed by atoms with E-state index in [9.17, 15) is 4.79 Å². The lowest BCUT2D eigenvalue weighted by atomic mass is 9.91. The Morgan fingerprint density at radius 3 is 2.95 bits per heavy atom. The zero-order valence-electron chi connectivity index (χ0n) is 12.3. The van der Waals surface area contributed by atoms with Gasteiger partial charge in [0.2, 0.25) is 0 Å². The summed E-state index contributed by atoms with van der Waals surface area (Å²) in [5.41, 5.74) is 5.91. The molecule has 0 spiro atoms. The summed E-state index contributed by atoms with van der Waals surface area (Å²) in [5, 5.41) is 12.0. The summed E-state index contributed by atoms with van der Waals surface area (Å²) < 4.78 is 7.08. The Balaban J connectivity index is 1.84. The molecule has 6 heteroatoms. The number of carbonyl (C=O) groups is 1. The maximum Gasteiger partial charge on any atom is 0.356 e. The van der Waals surface area contributed by atoms with Crippen LogP contribution in [0, 0.1) is 0 Å². The Kier molecular flexibility index (Phi) is 2.67. The number of fused-ring (bicyclic) bond motifs is 3. The fourth-order valence-electron chi connectivity index (χ4n) is 3.20. The average molecular weight is 286 g/mol.